The fourth-order valence-electron chi connectivity index (χ4n) is 4.79. The highest BCUT2D eigenvalue weighted by atomic mass is 35.5. The molecule has 9 nitrogen and oxygen atoms in total. The SMILES string of the molecule is COC(=O)CC1CN(S(=O)(=O)c2ccc3cc(Cl)ccc3c2)CCN1C(=O)c1nc2c(s1)CNC(C)C2. The summed E-state index contributed by atoms with van der Waals surface area (Å²) in [5, 5.41) is 5.89. The summed E-state index contributed by atoms with van der Waals surface area (Å²) < 4.78 is 33.3. The standard InChI is InChI=1S/C25H27ClN4O5S2/c1-15-9-21-22(13-27-15)36-24(28-21)25(32)30-8-7-29(14-19(30)12-23(31)35-2)37(33,34)20-6-4-16-10-18(26)5-3-17(16)11-20/h3-6,10-11,15,19,27H,7-9,12-14H2,1-2H3. The number of carbonyl (C=O) groups is 2. The molecule has 5 rings (SSSR count). The quantitative estimate of drug-likeness (QED) is 0.476. The van der Waals surface area contributed by atoms with Crippen molar-refractivity contribution >= 4 is 55.6 Å². The van der Waals surface area contributed by atoms with E-state index in [0.29, 0.717) is 16.6 Å². The van der Waals surface area contributed by atoms with Crippen molar-refractivity contribution in [2.24, 2.45) is 0 Å². The predicted molar refractivity (Wildman–Crippen MR) is 141 cm³/mol. The number of hydrogen-bond donors (Lipinski definition) is 1. The van der Waals surface area contributed by atoms with Crippen molar-refractivity contribution in [3.8, 4) is 0 Å². The summed E-state index contributed by atoms with van der Waals surface area (Å²) in [6.07, 6.45) is 0.628. The normalized spacial score (nSPS) is 20.6. The van der Waals surface area contributed by atoms with Gasteiger partial charge in [0, 0.05) is 48.5 Å². The van der Waals surface area contributed by atoms with Crippen molar-refractivity contribution in [2.75, 3.05) is 26.7 Å². The van der Waals surface area contributed by atoms with Crippen LogP contribution < -0.4 is 5.32 Å². The molecule has 2 unspecified atom stereocenters. The smallest absolute Gasteiger partial charge is 0.307 e. The Balaban J connectivity index is 1.40. The minimum absolute atomic E-state index is 0.0223. The first-order chi connectivity index (χ1) is 17.7. The number of fused-ring (bicyclic) bond motifs is 2. The highest BCUT2D eigenvalue weighted by molar-refractivity contribution is 7.89. The molecule has 0 spiro atoms. The van der Waals surface area contributed by atoms with Crippen molar-refractivity contribution in [2.45, 2.75) is 43.3 Å². The number of ether oxygens (including phenoxy) is 1. The van der Waals surface area contributed by atoms with E-state index in [9.17, 15) is 18.0 Å². The molecule has 0 bridgehead atoms. The first-order valence-corrected chi connectivity index (χ1v) is 14.6. The lowest BCUT2D eigenvalue weighted by Gasteiger charge is -2.40. The summed E-state index contributed by atoms with van der Waals surface area (Å²) in [6, 6.07) is 9.75. The van der Waals surface area contributed by atoms with Gasteiger partial charge in [-0.25, -0.2) is 13.4 Å². The number of piperazine rings is 1. The number of esters is 1. The van der Waals surface area contributed by atoms with Crippen LogP contribution in [0.2, 0.25) is 5.02 Å². The Morgan fingerprint density at radius 1 is 1.19 bits per heavy atom. The first kappa shape index (κ1) is 26.1. The first-order valence-electron chi connectivity index (χ1n) is 11.9. The number of sulfonamides is 1. The fraction of sp³-hybridized carbons (Fsp3) is 0.400. The molecule has 3 aromatic rings. The number of halogens is 1. The number of rotatable bonds is 5. The molecule has 1 fully saturated rings. The number of nitrogens with one attached hydrogen (secondary N) is 1. The van der Waals surface area contributed by atoms with Gasteiger partial charge in [-0.15, -0.1) is 11.3 Å². The second-order valence-corrected chi connectivity index (χ2v) is 12.8. The Bertz CT molecular complexity index is 1470. The van der Waals surface area contributed by atoms with Gasteiger partial charge in [0.25, 0.3) is 5.91 Å². The summed E-state index contributed by atoms with van der Waals surface area (Å²) >= 11 is 7.40. The van der Waals surface area contributed by atoms with Crippen LogP contribution in [0.5, 0.6) is 0 Å². The van der Waals surface area contributed by atoms with Crippen molar-refractivity contribution < 1.29 is 22.7 Å². The maximum absolute atomic E-state index is 13.6. The molecule has 2 aromatic carbocycles. The summed E-state index contributed by atoms with van der Waals surface area (Å²) in [7, 11) is -2.60. The van der Waals surface area contributed by atoms with Crippen LogP contribution in [0.25, 0.3) is 10.8 Å². The topological polar surface area (TPSA) is 109 Å². The maximum atomic E-state index is 13.6. The van der Waals surface area contributed by atoms with E-state index >= 15 is 0 Å². The Kier molecular flexibility index (Phi) is 7.25. The van der Waals surface area contributed by atoms with E-state index in [1.54, 1.807) is 41.3 Å². The lowest BCUT2D eigenvalue weighted by molar-refractivity contribution is -0.142. The third-order valence-corrected chi connectivity index (χ3v) is 10.0. The zero-order valence-electron chi connectivity index (χ0n) is 20.4. The van der Waals surface area contributed by atoms with Gasteiger partial charge in [0.15, 0.2) is 5.01 Å². The van der Waals surface area contributed by atoms with Crippen LogP contribution in [0, 0.1) is 0 Å². The van der Waals surface area contributed by atoms with Gasteiger partial charge in [0.05, 0.1) is 30.2 Å². The Labute approximate surface area is 224 Å². The maximum Gasteiger partial charge on any atom is 0.307 e. The summed E-state index contributed by atoms with van der Waals surface area (Å²) in [5.74, 6) is -0.804. The average molecular weight is 563 g/mol. The molecule has 37 heavy (non-hydrogen) atoms. The highest BCUT2D eigenvalue weighted by Crippen LogP contribution is 2.29. The number of hydrogen-bond acceptors (Lipinski definition) is 8. The molecule has 12 heteroatoms. The Morgan fingerprint density at radius 3 is 2.73 bits per heavy atom. The van der Waals surface area contributed by atoms with Crippen LogP contribution in [-0.2, 0) is 32.5 Å². The zero-order chi connectivity index (χ0) is 26.3. The number of nitrogens with zero attached hydrogens (tertiary/aromatic N) is 3. The summed E-state index contributed by atoms with van der Waals surface area (Å²) in [4.78, 5) is 33.1. The van der Waals surface area contributed by atoms with Crippen molar-refractivity contribution in [3.63, 3.8) is 0 Å². The van der Waals surface area contributed by atoms with Crippen LogP contribution in [-0.4, -0.2) is 73.3 Å². The fourth-order valence-corrected chi connectivity index (χ4v) is 7.47. The monoisotopic (exact) mass is 562 g/mol. The van der Waals surface area contributed by atoms with Gasteiger partial charge in [-0.2, -0.15) is 4.31 Å². The molecule has 3 heterocycles. The van der Waals surface area contributed by atoms with E-state index < -0.39 is 22.0 Å². The van der Waals surface area contributed by atoms with Gasteiger partial charge in [0.2, 0.25) is 10.0 Å². The average Bonchev–Trinajstić information content (AvgIpc) is 3.31. The van der Waals surface area contributed by atoms with Crippen molar-refractivity contribution in [3.05, 3.63) is 57.0 Å². The Hall–Kier alpha value is -2.57. The minimum atomic E-state index is -3.87. The molecule has 1 amide bonds. The van der Waals surface area contributed by atoms with Crippen molar-refractivity contribution in [1.29, 1.82) is 0 Å². The molecule has 196 valence electrons. The molecular formula is C25H27ClN4O5S2. The third-order valence-electron chi connectivity index (χ3n) is 6.82. The van der Waals surface area contributed by atoms with Gasteiger partial charge in [-0.1, -0.05) is 23.7 Å². The van der Waals surface area contributed by atoms with Crippen LogP contribution in [0.15, 0.2) is 41.3 Å². The predicted octanol–water partition coefficient (Wildman–Crippen LogP) is 3.06. The molecule has 2 atom stereocenters. The van der Waals surface area contributed by atoms with E-state index in [0.717, 1.165) is 27.8 Å². The van der Waals surface area contributed by atoms with Gasteiger partial charge < -0.3 is 15.0 Å². The number of benzene rings is 2. The number of carbonyl (C=O) groups excluding carboxylic acids is 2. The number of methoxy groups -OCH3 is 1. The van der Waals surface area contributed by atoms with E-state index in [4.69, 9.17) is 16.3 Å². The molecular weight excluding hydrogens is 536 g/mol. The van der Waals surface area contributed by atoms with Gasteiger partial charge in [-0.05, 0) is 42.0 Å². The van der Waals surface area contributed by atoms with E-state index in [-0.39, 0.29) is 42.9 Å². The molecule has 2 aliphatic heterocycles. The van der Waals surface area contributed by atoms with Crippen LogP contribution in [0.4, 0.5) is 0 Å². The second-order valence-electron chi connectivity index (χ2n) is 9.32. The molecule has 2 aliphatic rings. The Morgan fingerprint density at radius 2 is 1.95 bits per heavy atom. The zero-order valence-corrected chi connectivity index (χ0v) is 22.8. The largest absolute Gasteiger partial charge is 0.469 e. The second kappa shape index (κ2) is 10.3. The lowest BCUT2D eigenvalue weighted by Crippen LogP contribution is -2.57. The van der Waals surface area contributed by atoms with E-state index in [1.165, 1.54) is 22.8 Å². The number of amides is 1. The highest BCUT2D eigenvalue weighted by Gasteiger charge is 2.39. The van der Waals surface area contributed by atoms with Crippen LogP contribution >= 0.6 is 22.9 Å². The van der Waals surface area contributed by atoms with Gasteiger partial charge in [-0.3, -0.25) is 9.59 Å². The number of aromatic nitrogens is 1. The van der Waals surface area contributed by atoms with E-state index in [1.807, 2.05) is 0 Å². The summed E-state index contributed by atoms with van der Waals surface area (Å²) in [5.41, 5.74) is 0.919. The van der Waals surface area contributed by atoms with Crippen LogP contribution in [0.3, 0.4) is 0 Å². The molecule has 0 saturated carbocycles. The molecule has 0 aliphatic carbocycles. The van der Waals surface area contributed by atoms with Gasteiger partial charge in [0.1, 0.15) is 0 Å². The van der Waals surface area contributed by atoms with Gasteiger partial charge >= 0.3 is 5.97 Å². The lowest BCUT2D eigenvalue weighted by atomic mass is 10.1. The molecule has 1 saturated heterocycles. The molecule has 1 N–H and O–H groups in total. The van der Waals surface area contributed by atoms with E-state index in [2.05, 4.69) is 17.2 Å². The van der Waals surface area contributed by atoms with Crippen molar-refractivity contribution in [1.82, 2.24) is 19.5 Å². The number of thiazole rings is 1. The van der Waals surface area contributed by atoms with Crippen LogP contribution in [0.1, 0.15) is 33.7 Å². The summed E-state index contributed by atoms with van der Waals surface area (Å²) in [6.45, 7) is 2.96. The molecule has 1 aromatic heterocycles. The molecule has 0 radical (unpaired) electrons. The third kappa shape index (κ3) is 5.23. The minimum Gasteiger partial charge on any atom is -0.469 e.